The van der Waals surface area contributed by atoms with Crippen LogP contribution in [0.4, 0.5) is 11.4 Å². The second-order valence-corrected chi connectivity index (χ2v) is 14.3. The van der Waals surface area contributed by atoms with E-state index in [4.69, 9.17) is 19.3 Å². The molecule has 0 spiro atoms. The molecule has 2 atom stereocenters. The minimum absolute atomic E-state index is 0.267. The van der Waals surface area contributed by atoms with Gasteiger partial charge in [0.15, 0.2) is 12.2 Å². The summed E-state index contributed by atoms with van der Waals surface area (Å²) < 4.78 is 10.7. The smallest absolute Gasteiger partial charge is 0.504 e. The van der Waals surface area contributed by atoms with E-state index in [1.54, 1.807) is 122 Å². The SMILES string of the molecule is O=C(OB(O)c1ccccc1C=Nc1ccc2ccccc2c1-c1c(N=Cc2ccccc2B(O)OC(=O)[C@H](O)c2ccccc2)ccc2ccccc12)[C@H](O)c1ccccc1. The molecule has 10 nitrogen and oxygen atoms in total. The molecule has 8 rings (SSSR count). The van der Waals surface area contributed by atoms with Crippen molar-refractivity contribution >= 4 is 82.4 Å². The molecule has 4 N–H and O–H groups in total. The van der Waals surface area contributed by atoms with E-state index in [9.17, 15) is 29.9 Å². The highest BCUT2D eigenvalue weighted by atomic mass is 16.6. The number of rotatable bonds is 13. The van der Waals surface area contributed by atoms with Crippen LogP contribution in [-0.4, -0.2) is 58.9 Å². The van der Waals surface area contributed by atoms with Crippen LogP contribution in [0, 0.1) is 0 Å². The minimum atomic E-state index is -1.70. The van der Waals surface area contributed by atoms with Crippen molar-refractivity contribution in [1.29, 1.82) is 0 Å². The fourth-order valence-corrected chi connectivity index (χ4v) is 7.26. The van der Waals surface area contributed by atoms with Crippen LogP contribution < -0.4 is 10.9 Å². The van der Waals surface area contributed by atoms with E-state index in [1.807, 2.05) is 72.8 Å². The first-order valence-electron chi connectivity index (χ1n) is 19.8. The summed E-state index contributed by atoms with van der Waals surface area (Å²) in [5, 5.41) is 47.2. The Hall–Kier alpha value is -7.47. The largest absolute Gasteiger partial charge is 0.562 e. The van der Waals surface area contributed by atoms with Crippen LogP contribution in [0.2, 0.25) is 0 Å². The lowest BCUT2D eigenvalue weighted by molar-refractivity contribution is -0.146. The minimum Gasteiger partial charge on any atom is -0.504 e. The molecule has 0 fully saturated rings. The second-order valence-electron chi connectivity index (χ2n) is 14.3. The van der Waals surface area contributed by atoms with E-state index in [0.717, 1.165) is 32.7 Å². The van der Waals surface area contributed by atoms with Crippen molar-refractivity contribution in [3.63, 3.8) is 0 Å². The van der Waals surface area contributed by atoms with E-state index < -0.39 is 38.4 Å². The van der Waals surface area contributed by atoms with Crippen LogP contribution in [0.3, 0.4) is 0 Å². The summed E-state index contributed by atoms with van der Waals surface area (Å²) in [6, 6.07) is 54.0. The molecular weight excluding hydrogens is 778 g/mol. The number of aliphatic hydroxyl groups is 2. The monoisotopic (exact) mass is 816 g/mol. The van der Waals surface area contributed by atoms with Gasteiger partial charge in [-0.05, 0) is 55.9 Å². The zero-order valence-corrected chi connectivity index (χ0v) is 33.1. The number of carbonyl (C=O) groups excluding carboxylic acids is 2. The molecule has 0 saturated heterocycles. The first-order valence-corrected chi connectivity index (χ1v) is 19.8. The zero-order chi connectivity index (χ0) is 43.0. The van der Waals surface area contributed by atoms with Gasteiger partial charge in [0, 0.05) is 34.5 Å². The molecule has 0 heterocycles. The first kappa shape index (κ1) is 41.3. The van der Waals surface area contributed by atoms with Gasteiger partial charge in [-0.1, -0.05) is 170 Å². The van der Waals surface area contributed by atoms with Gasteiger partial charge in [-0.2, -0.15) is 0 Å². The lowest BCUT2D eigenvalue weighted by Crippen LogP contribution is -2.39. The highest BCUT2D eigenvalue weighted by molar-refractivity contribution is 6.63. The van der Waals surface area contributed by atoms with E-state index >= 15 is 0 Å². The summed E-state index contributed by atoms with van der Waals surface area (Å²) in [6.45, 7) is 0. The molecule has 302 valence electrons. The second kappa shape index (κ2) is 18.8. The van der Waals surface area contributed by atoms with E-state index in [0.29, 0.717) is 33.6 Å². The van der Waals surface area contributed by atoms with Gasteiger partial charge in [0.1, 0.15) is 0 Å². The van der Waals surface area contributed by atoms with Gasteiger partial charge in [-0.3, -0.25) is 19.6 Å². The Morgan fingerprint density at radius 1 is 0.452 bits per heavy atom. The van der Waals surface area contributed by atoms with Crippen molar-refractivity contribution in [2.24, 2.45) is 9.98 Å². The zero-order valence-electron chi connectivity index (χ0n) is 33.1. The fraction of sp³-hybridized carbons (Fsp3) is 0.0400. The van der Waals surface area contributed by atoms with E-state index in [-0.39, 0.29) is 10.9 Å². The summed E-state index contributed by atoms with van der Waals surface area (Å²) in [5.41, 5.74) is 4.87. The molecule has 62 heavy (non-hydrogen) atoms. The Bertz CT molecular complexity index is 2750. The first-order chi connectivity index (χ1) is 30.3. The van der Waals surface area contributed by atoms with Gasteiger partial charge >= 0.3 is 26.2 Å². The Morgan fingerprint density at radius 3 is 1.23 bits per heavy atom. The maximum absolute atomic E-state index is 12.9. The summed E-state index contributed by atoms with van der Waals surface area (Å²) in [7, 11) is -3.39. The average Bonchev–Trinajstić information content (AvgIpc) is 3.32. The lowest BCUT2D eigenvalue weighted by atomic mass is 9.76. The van der Waals surface area contributed by atoms with Gasteiger partial charge in [0.05, 0.1) is 11.4 Å². The summed E-state index contributed by atoms with van der Waals surface area (Å²) in [6.07, 6.45) is 0.0175. The third kappa shape index (κ3) is 8.99. The quantitative estimate of drug-likeness (QED) is 0.0710. The molecule has 0 aliphatic heterocycles. The van der Waals surface area contributed by atoms with Crippen LogP contribution in [0.1, 0.15) is 34.5 Å². The number of hydrogen-bond acceptors (Lipinski definition) is 10. The molecule has 0 unspecified atom stereocenters. The Morgan fingerprint density at radius 2 is 0.806 bits per heavy atom. The fourth-order valence-electron chi connectivity index (χ4n) is 7.26. The Kier molecular flexibility index (Phi) is 12.5. The molecule has 0 bridgehead atoms. The molecule has 0 aliphatic rings. The van der Waals surface area contributed by atoms with E-state index in [2.05, 4.69) is 0 Å². The standard InChI is InChI=1S/C50H38B2N2O8/c55-47(35-17-3-1-4-18-35)49(57)61-51(59)41-25-13-9-21-37(41)31-53-43-29-27-33-15-7-11-23-39(33)45(43)46-40-24-12-8-16-34(40)28-30-44(46)54-32-38-22-10-14-26-42(38)52(60)62-50(58)48(56)36-19-5-2-6-20-36/h1-32,47-48,55-56,59-60H/t47-,48-/m1/s1. The van der Waals surface area contributed by atoms with Crippen LogP contribution >= 0.6 is 0 Å². The summed E-state index contributed by atoms with van der Waals surface area (Å²) in [5.74, 6) is -2.01. The Labute approximate surface area is 358 Å². The maximum Gasteiger partial charge on any atom is 0.562 e. The molecule has 0 saturated carbocycles. The summed E-state index contributed by atoms with van der Waals surface area (Å²) in [4.78, 5) is 35.7. The van der Waals surface area contributed by atoms with Crippen molar-refractivity contribution in [1.82, 2.24) is 0 Å². The van der Waals surface area contributed by atoms with Gasteiger partial charge in [-0.25, -0.2) is 0 Å². The predicted molar refractivity (Wildman–Crippen MR) is 244 cm³/mol. The number of carbonyl (C=O) groups is 2. The van der Waals surface area contributed by atoms with Crippen molar-refractivity contribution in [2.75, 3.05) is 0 Å². The lowest BCUT2D eigenvalue weighted by Gasteiger charge is -2.17. The number of aliphatic hydroxyl groups excluding tert-OH is 2. The van der Waals surface area contributed by atoms with Crippen molar-refractivity contribution in [3.05, 3.63) is 204 Å². The van der Waals surface area contributed by atoms with Gasteiger partial charge in [0.25, 0.3) is 0 Å². The average molecular weight is 816 g/mol. The predicted octanol–water partition coefficient (Wildman–Crippen LogP) is 7.09. The highest BCUT2D eigenvalue weighted by Gasteiger charge is 2.30. The molecule has 0 aromatic heterocycles. The van der Waals surface area contributed by atoms with Crippen LogP contribution in [0.15, 0.2) is 192 Å². The number of benzene rings is 8. The molecule has 12 heteroatoms. The van der Waals surface area contributed by atoms with E-state index in [1.165, 1.54) is 0 Å². The molecule has 0 amide bonds. The molecule has 8 aromatic carbocycles. The molecule has 8 aromatic rings. The van der Waals surface area contributed by atoms with Gasteiger partial charge < -0.3 is 29.6 Å². The topological polar surface area (TPSA) is 158 Å². The third-order valence-corrected chi connectivity index (χ3v) is 10.4. The molecular formula is C50H38B2N2O8. The van der Waals surface area contributed by atoms with Gasteiger partial charge in [0.2, 0.25) is 0 Å². The van der Waals surface area contributed by atoms with Crippen LogP contribution in [0.5, 0.6) is 0 Å². The van der Waals surface area contributed by atoms with Crippen molar-refractivity contribution in [2.45, 2.75) is 12.2 Å². The third-order valence-electron chi connectivity index (χ3n) is 10.4. The number of hydrogen-bond donors (Lipinski definition) is 4. The van der Waals surface area contributed by atoms with Crippen molar-refractivity contribution in [3.8, 4) is 11.1 Å². The number of aliphatic imine (C=N–C) groups is 2. The van der Waals surface area contributed by atoms with Crippen molar-refractivity contribution < 1.29 is 39.2 Å². The highest BCUT2D eigenvalue weighted by Crippen LogP contribution is 2.45. The van der Waals surface area contributed by atoms with Crippen LogP contribution in [0.25, 0.3) is 32.7 Å². The van der Waals surface area contributed by atoms with Crippen LogP contribution in [-0.2, 0) is 18.9 Å². The maximum atomic E-state index is 12.9. The molecule has 0 radical (unpaired) electrons. The molecule has 0 aliphatic carbocycles. The number of fused-ring (bicyclic) bond motifs is 2. The summed E-state index contributed by atoms with van der Waals surface area (Å²) >= 11 is 0. The van der Waals surface area contributed by atoms with Gasteiger partial charge in [-0.15, -0.1) is 0 Å². The Balaban J connectivity index is 1.16. The normalized spacial score (nSPS) is 12.4. The number of nitrogens with zero attached hydrogens (tertiary/aromatic N) is 2.